The molecule has 0 heterocycles. The van der Waals surface area contributed by atoms with E-state index in [9.17, 15) is 10.4 Å². The summed E-state index contributed by atoms with van der Waals surface area (Å²) in [6.07, 6.45) is 6.45. The molecule has 2 aromatic carbocycles. The molecule has 0 fully saturated rings. The van der Waals surface area contributed by atoms with Crippen LogP contribution in [-0.2, 0) is 11.8 Å². The molecule has 1 N–H and O–H groups in total. The molecule has 0 aliphatic carbocycles. The number of rotatable bonds is 9. The topological polar surface area (TPSA) is 65.6 Å². The first-order chi connectivity index (χ1) is 14.8. The number of hydrogen-bond donors (Lipinski definition) is 1. The highest BCUT2D eigenvalue weighted by atomic mass is 32.2. The standard InChI is InChI=1S/C26H30N2O2S/c1-7-9-23(28-18(3)31-6)17-30-24-12-10-21(11-13-24)26(4,5)22-14-19(8-2)25(29)20(15-22)16-27/h7,9-15,29H,3,8,17H2,1-2,4-6H3/b9-7-,28-23+. The summed E-state index contributed by atoms with van der Waals surface area (Å²) >= 11 is 1.50. The van der Waals surface area contributed by atoms with Crippen LogP contribution in [0.5, 0.6) is 11.5 Å². The summed E-state index contributed by atoms with van der Waals surface area (Å²) in [5.41, 5.74) is 3.65. The van der Waals surface area contributed by atoms with Gasteiger partial charge in [0, 0.05) is 5.41 Å². The third-order valence-corrected chi connectivity index (χ3v) is 5.80. The van der Waals surface area contributed by atoms with E-state index in [1.165, 1.54) is 11.8 Å². The van der Waals surface area contributed by atoms with Crippen LogP contribution in [-0.4, -0.2) is 23.7 Å². The minimum absolute atomic E-state index is 0.0797. The Morgan fingerprint density at radius 1 is 1.26 bits per heavy atom. The number of phenols is 1. The van der Waals surface area contributed by atoms with Crippen molar-refractivity contribution in [3.8, 4) is 17.6 Å². The molecule has 0 radical (unpaired) electrons. The van der Waals surface area contributed by atoms with E-state index in [1.54, 1.807) is 6.07 Å². The van der Waals surface area contributed by atoms with E-state index in [4.69, 9.17) is 4.74 Å². The molecule has 4 nitrogen and oxygen atoms in total. The van der Waals surface area contributed by atoms with Gasteiger partial charge in [-0.15, -0.1) is 11.8 Å². The molecule has 162 valence electrons. The van der Waals surface area contributed by atoms with Crippen LogP contribution in [0.3, 0.4) is 0 Å². The Bertz CT molecular complexity index is 1030. The van der Waals surface area contributed by atoms with E-state index < -0.39 is 0 Å². The lowest BCUT2D eigenvalue weighted by atomic mass is 9.77. The normalized spacial score (nSPS) is 12.1. The fourth-order valence-corrected chi connectivity index (χ4v) is 3.43. The van der Waals surface area contributed by atoms with Crippen molar-refractivity contribution in [3.05, 3.63) is 82.4 Å². The Kier molecular flexibility index (Phi) is 8.53. The molecular weight excluding hydrogens is 404 g/mol. The summed E-state index contributed by atoms with van der Waals surface area (Å²) in [7, 11) is 0. The second-order valence-corrected chi connectivity index (χ2v) is 8.52. The molecule has 2 aromatic rings. The molecule has 0 unspecified atom stereocenters. The van der Waals surface area contributed by atoms with Crippen LogP contribution < -0.4 is 4.74 Å². The van der Waals surface area contributed by atoms with E-state index in [-0.39, 0.29) is 11.2 Å². The maximum absolute atomic E-state index is 10.2. The smallest absolute Gasteiger partial charge is 0.136 e. The van der Waals surface area contributed by atoms with Crippen molar-refractivity contribution in [2.45, 2.75) is 39.5 Å². The average Bonchev–Trinajstić information content (AvgIpc) is 2.77. The van der Waals surface area contributed by atoms with Crippen LogP contribution in [0.1, 0.15) is 49.9 Å². The van der Waals surface area contributed by atoms with Gasteiger partial charge in [-0.05, 0) is 60.6 Å². The third kappa shape index (κ3) is 6.02. The zero-order chi connectivity index (χ0) is 23.0. The van der Waals surface area contributed by atoms with E-state index in [1.807, 2.05) is 62.6 Å². The van der Waals surface area contributed by atoms with Crippen LogP contribution >= 0.6 is 11.8 Å². The Morgan fingerprint density at radius 3 is 2.48 bits per heavy atom. The van der Waals surface area contributed by atoms with Gasteiger partial charge >= 0.3 is 0 Å². The summed E-state index contributed by atoms with van der Waals surface area (Å²) in [5.74, 6) is 0.834. The molecule has 2 rings (SSSR count). The predicted octanol–water partition coefficient (Wildman–Crippen LogP) is 6.38. The van der Waals surface area contributed by atoms with Crippen molar-refractivity contribution in [2.24, 2.45) is 4.99 Å². The van der Waals surface area contributed by atoms with Gasteiger partial charge in [0.1, 0.15) is 24.2 Å². The van der Waals surface area contributed by atoms with Gasteiger partial charge in [-0.2, -0.15) is 5.26 Å². The Balaban J connectivity index is 2.25. The number of thioether (sulfide) groups is 1. The highest BCUT2D eigenvalue weighted by Crippen LogP contribution is 2.36. The number of nitrogens with zero attached hydrogens (tertiary/aromatic N) is 2. The Hall–Kier alpha value is -2.97. The van der Waals surface area contributed by atoms with Crippen molar-refractivity contribution < 1.29 is 9.84 Å². The highest BCUT2D eigenvalue weighted by Gasteiger charge is 2.25. The van der Waals surface area contributed by atoms with Crippen molar-refractivity contribution >= 4 is 17.5 Å². The van der Waals surface area contributed by atoms with Gasteiger partial charge in [0.15, 0.2) is 0 Å². The van der Waals surface area contributed by atoms with Crippen LogP contribution in [0.4, 0.5) is 0 Å². The van der Waals surface area contributed by atoms with Crippen molar-refractivity contribution in [3.63, 3.8) is 0 Å². The van der Waals surface area contributed by atoms with Gasteiger partial charge in [0.25, 0.3) is 0 Å². The van der Waals surface area contributed by atoms with Crippen LogP contribution in [0.2, 0.25) is 0 Å². The van der Waals surface area contributed by atoms with Crippen LogP contribution in [0, 0.1) is 11.3 Å². The molecule has 0 aromatic heterocycles. The molecule has 5 heteroatoms. The van der Waals surface area contributed by atoms with Gasteiger partial charge in [-0.3, -0.25) is 0 Å². The molecule has 0 amide bonds. The Labute approximate surface area is 190 Å². The second-order valence-electron chi connectivity index (χ2n) is 7.64. The number of aryl methyl sites for hydroxylation is 1. The van der Waals surface area contributed by atoms with Crippen LogP contribution in [0.25, 0.3) is 0 Å². The number of ether oxygens (including phenoxy) is 1. The second kappa shape index (κ2) is 10.9. The van der Waals surface area contributed by atoms with Gasteiger partial charge in [0.2, 0.25) is 0 Å². The van der Waals surface area contributed by atoms with E-state index in [0.717, 1.165) is 33.2 Å². The highest BCUT2D eigenvalue weighted by molar-refractivity contribution is 8.02. The minimum atomic E-state index is -0.338. The molecule has 0 aliphatic rings. The number of benzene rings is 2. The number of aromatic hydroxyl groups is 1. The first-order valence-corrected chi connectivity index (χ1v) is 11.4. The largest absolute Gasteiger partial charge is 0.506 e. The van der Waals surface area contributed by atoms with Crippen molar-refractivity contribution in [1.29, 1.82) is 5.26 Å². The fourth-order valence-electron chi connectivity index (χ4n) is 3.22. The Morgan fingerprint density at radius 2 is 1.94 bits per heavy atom. The monoisotopic (exact) mass is 434 g/mol. The number of nitriles is 1. The maximum atomic E-state index is 10.2. The zero-order valence-electron chi connectivity index (χ0n) is 18.9. The average molecular weight is 435 g/mol. The number of hydrogen-bond acceptors (Lipinski definition) is 5. The van der Waals surface area contributed by atoms with E-state index in [0.29, 0.717) is 18.6 Å². The first kappa shape index (κ1) is 24.3. The third-order valence-electron chi connectivity index (χ3n) is 5.24. The molecule has 0 saturated carbocycles. The summed E-state index contributed by atoms with van der Waals surface area (Å²) in [6, 6.07) is 13.8. The molecule has 0 aliphatic heterocycles. The lowest BCUT2D eigenvalue weighted by Gasteiger charge is -2.27. The first-order valence-electron chi connectivity index (χ1n) is 10.2. The summed E-state index contributed by atoms with van der Waals surface area (Å²) in [6.45, 7) is 12.4. The summed E-state index contributed by atoms with van der Waals surface area (Å²) < 4.78 is 5.92. The predicted molar refractivity (Wildman–Crippen MR) is 131 cm³/mol. The van der Waals surface area contributed by atoms with Gasteiger partial charge in [-0.25, -0.2) is 4.99 Å². The molecule has 0 spiro atoms. The van der Waals surface area contributed by atoms with Gasteiger partial charge in [-0.1, -0.05) is 51.6 Å². The number of aliphatic imine (C=N–C) groups is 1. The molecule has 0 atom stereocenters. The fraction of sp³-hybridized carbons (Fsp3) is 0.308. The minimum Gasteiger partial charge on any atom is -0.506 e. The van der Waals surface area contributed by atoms with Crippen molar-refractivity contribution in [2.75, 3.05) is 12.9 Å². The summed E-state index contributed by atoms with van der Waals surface area (Å²) in [5, 5.41) is 20.4. The zero-order valence-corrected chi connectivity index (χ0v) is 19.7. The number of phenolic OH excluding ortho intramolecular Hbond substituents is 1. The lowest BCUT2D eigenvalue weighted by molar-refractivity contribution is 0.377. The SMILES string of the molecule is C=C(/N=C(\C=C/C)COc1ccc(C(C)(C)c2cc(C#N)c(O)c(CC)c2)cc1)SC. The molecule has 0 saturated heterocycles. The van der Waals surface area contributed by atoms with E-state index >= 15 is 0 Å². The molecule has 31 heavy (non-hydrogen) atoms. The lowest BCUT2D eigenvalue weighted by Crippen LogP contribution is -2.19. The van der Waals surface area contributed by atoms with E-state index in [2.05, 4.69) is 31.5 Å². The number of allylic oxidation sites excluding steroid dienone is 1. The van der Waals surface area contributed by atoms with Gasteiger partial charge < -0.3 is 9.84 Å². The van der Waals surface area contributed by atoms with Crippen molar-refractivity contribution in [1.82, 2.24) is 0 Å². The van der Waals surface area contributed by atoms with Crippen LogP contribution in [0.15, 0.2) is 65.2 Å². The maximum Gasteiger partial charge on any atom is 0.136 e. The molecular formula is C26H30N2O2S. The summed E-state index contributed by atoms with van der Waals surface area (Å²) in [4.78, 5) is 4.46. The molecule has 0 bridgehead atoms. The quantitative estimate of drug-likeness (QED) is 0.465. The van der Waals surface area contributed by atoms with Gasteiger partial charge in [0.05, 0.1) is 16.3 Å².